The van der Waals surface area contributed by atoms with Crippen molar-refractivity contribution in [3.8, 4) is 0 Å². The molecule has 4 saturated carbocycles. The number of carboxylic acid groups (broad SMARTS) is 1. The van der Waals surface area contributed by atoms with Crippen LogP contribution in [0.3, 0.4) is 0 Å². The normalized spacial score (nSPS) is 47.7. The van der Waals surface area contributed by atoms with Crippen molar-refractivity contribution in [3.63, 3.8) is 0 Å². The molecule has 5 rings (SSSR count). The van der Waals surface area contributed by atoms with E-state index in [1.54, 1.807) is 0 Å². The molecule has 0 aliphatic heterocycles. The molecule has 0 heterocycles. The van der Waals surface area contributed by atoms with Gasteiger partial charge in [-0.25, -0.2) is 4.79 Å². The summed E-state index contributed by atoms with van der Waals surface area (Å²) < 4.78 is 5.90. The maximum Gasteiger partial charge on any atom is 0.330 e. The Balaban J connectivity index is 1.54. The van der Waals surface area contributed by atoms with Gasteiger partial charge in [0.1, 0.15) is 6.10 Å². The Bertz CT molecular complexity index is 1040. The van der Waals surface area contributed by atoms with E-state index >= 15 is 0 Å². The molecular weight excluding hydrogens is 460 g/mol. The Morgan fingerprint density at radius 3 is 2.27 bits per heavy atom. The Labute approximate surface area is 224 Å². The van der Waals surface area contributed by atoms with Crippen molar-refractivity contribution in [2.24, 2.45) is 50.2 Å². The van der Waals surface area contributed by atoms with Crippen LogP contribution >= 0.6 is 0 Å². The number of carboxylic acids is 1. The third kappa shape index (κ3) is 3.52. The van der Waals surface area contributed by atoms with Crippen LogP contribution in [0.25, 0.3) is 0 Å². The highest BCUT2D eigenvalue weighted by atomic mass is 16.5. The smallest absolute Gasteiger partial charge is 0.330 e. The van der Waals surface area contributed by atoms with Crippen molar-refractivity contribution in [3.05, 3.63) is 24.3 Å². The molecule has 4 nitrogen and oxygen atoms in total. The molecule has 5 aliphatic carbocycles. The van der Waals surface area contributed by atoms with Crippen LogP contribution in [0, 0.1) is 50.2 Å². The van der Waals surface area contributed by atoms with E-state index in [9.17, 15) is 14.7 Å². The molecule has 8 atom stereocenters. The molecule has 4 heteroatoms. The highest BCUT2D eigenvalue weighted by Gasteiger charge is 2.69. The Morgan fingerprint density at radius 1 is 0.946 bits per heavy atom. The fourth-order valence-electron chi connectivity index (χ4n) is 11.0. The molecule has 5 aliphatic rings. The second-order valence-electron chi connectivity index (χ2n) is 15.7. The molecule has 0 aromatic carbocycles. The zero-order chi connectivity index (χ0) is 27.2. The predicted octanol–water partition coefficient (Wildman–Crippen LogP) is 7.97. The van der Waals surface area contributed by atoms with Gasteiger partial charge < -0.3 is 9.84 Å². The van der Waals surface area contributed by atoms with Crippen LogP contribution in [0.2, 0.25) is 0 Å². The number of hydrogen-bond donors (Lipinski definition) is 1. The third-order valence-corrected chi connectivity index (χ3v) is 13.4. The Hall–Kier alpha value is -1.58. The van der Waals surface area contributed by atoms with Crippen LogP contribution < -0.4 is 0 Å². The minimum atomic E-state index is -0.583. The topological polar surface area (TPSA) is 63.6 Å². The van der Waals surface area contributed by atoms with Crippen LogP contribution in [0.1, 0.15) is 113 Å². The van der Waals surface area contributed by atoms with Crippen LogP contribution in [0.4, 0.5) is 0 Å². The first-order valence-electron chi connectivity index (χ1n) is 14.8. The molecule has 0 aromatic heterocycles. The lowest BCUT2D eigenvalue weighted by atomic mass is 9.33. The minimum Gasteiger partial charge on any atom is -0.481 e. The summed E-state index contributed by atoms with van der Waals surface area (Å²) in [7, 11) is 0. The first-order valence-corrected chi connectivity index (χ1v) is 14.8. The Morgan fingerprint density at radius 2 is 1.62 bits per heavy atom. The number of esters is 1. The van der Waals surface area contributed by atoms with Gasteiger partial charge in [-0.1, -0.05) is 66.7 Å². The maximum atomic E-state index is 12.8. The van der Waals surface area contributed by atoms with Gasteiger partial charge in [0.25, 0.3) is 0 Å². The quantitative estimate of drug-likeness (QED) is 0.237. The van der Waals surface area contributed by atoms with Crippen molar-refractivity contribution in [2.45, 2.75) is 119 Å². The molecule has 0 radical (unpaired) electrons. The van der Waals surface area contributed by atoms with Gasteiger partial charge in [-0.3, -0.25) is 4.79 Å². The molecule has 206 valence electrons. The van der Waals surface area contributed by atoms with E-state index in [2.05, 4.69) is 61.1 Å². The van der Waals surface area contributed by atoms with Gasteiger partial charge in [0, 0.05) is 11.5 Å². The Kier molecular flexibility index (Phi) is 5.99. The average molecular weight is 511 g/mol. The lowest BCUT2D eigenvalue weighted by Crippen LogP contribution is -2.65. The monoisotopic (exact) mass is 510 g/mol. The molecular formula is C33H50O4. The number of rotatable bonds is 3. The van der Waals surface area contributed by atoms with Crippen molar-refractivity contribution in [1.82, 2.24) is 0 Å². The van der Waals surface area contributed by atoms with Crippen LogP contribution in [-0.2, 0) is 14.3 Å². The fraction of sp³-hybridized carbons (Fsp3) is 0.818. The molecule has 1 N–H and O–H groups in total. The SMILES string of the molecule is C=CC(=O)OC1CCC2(C)C(CCC3(C)C2CC=C2C4CC(C)(C)CCC4(C(=O)O)CCC23C)C1(C)C. The van der Waals surface area contributed by atoms with E-state index in [1.165, 1.54) is 11.6 Å². The van der Waals surface area contributed by atoms with Crippen molar-refractivity contribution in [1.29, 1.82) is 0 Å². The summed E-state index contributed by atoms with van der Waals surface area (Å²) >= 11 is 0. The minimum absolute atomic E-state index is 0.0389. The third-order valence-electron chi connectivity index (χ3n) is 13.4. The lowest BCUT2D eigenvalue weighted by Gasteiger charge is -2.71. The molecule has 4 fully saturated rings. The molecule has 0 aromatic rings. The van der Waals surface area contributed by atoms with Gasteiger partial charge in [-0.05, 0) is 104 Å². The van der Waals surface area contributed by atoms with Gasteiger partial charge in [-0.15, -0.1) is 0 Å². The number of fused-ring (bicyclic) bond motifs is 7. The molecule has 0 amide bonds. The van der Waals surface area contributed by atoms with Crippen molar-refractivity contribution in [2.75, 3.05) is 0 Å². The fourth-order valence-corrected chi connectivity index (χ4v) is 11.0. The van der Waals surface area contributed by atoms with Gasteiger partial charge >= 0.3 is 11.9 Å². The van der Waals surface area contributed by atoms with E-state index < -0.39 is 11.4 Å². The van der Waals surface area contributed by atoms with Crippen molar-refractivity contribution >= 4 is 11.9 Å². The number of ether oxygens (including phenoxy) is 1. The molecule has 0 saturated heterocycles. The number of carbonyl (C=O) groups is 2. The summed E-state index contributed by atoms with van der Waals surface area (Å²) in [4.78, 5) is 25.0. The number of hydrogen-bond acceptors (Lipinski definition) is 3. The van der Waals surface area contributed by atoms with E-state index in [1.807, 2.05) is 0 Å². The van der Waals surface area contributed by atoms with Crippen LogP contribution in [-0.4, -0.2) is 23.1 Å². The zero-order valence-corrected chi connectivity index (χ0v) is 24.4. The summed E-state index contributed by atoms with van der Waals surface area (Å²) in [5, 5.41) is 10.6. The predicted molar refractivity (Wildman–Crippen MR) is 147 cm³/mol. The molecule has 8 unspecified atom stereocenters. The largest absolute Gasteiger partial charge is 0.481 e. The first kappa shape index (κ1) is 27.0. The van der Waals surface area contributed by atoms with Crippen LogP contribution in [0.5, 0.6) is 0 Å². The van der Waals surface area contributed by atoms with Gasteiger partial charge in [-0.2, -0.15) is 0 Å². The summed E-state index contributed by atoms with van der Waals surface area (Å²) in [6.07, 6.45) is 13.7. The number of allylic oxidation sites excluding steroid dienone is 2. The molecule has 0 bridgehead atoms. The summed E-state index contributed by atoms with van der Waals surface area (Å²) in [6.45, 7) is 20.5. The van der Waals surface area contributed by atoms with E-state index in [4.69, 9.17) is 4.74 Å². The van der Waals surface area contributed by atoms with E-state index in [-0.39, 0.29) is 45.1 Å². The summed E-state index contributed by atoms with van der Waals surface area (Å²) in [5.41, 5.74) is 1.37. The standard InChI is InChI=1S/C33H50O4/c1-9-26(34)37-25-13-14-30(6)23(29(25,4)5)12-15-32(8)24(30)11-10-21-22-20-28(2,3)16-18-33(22,27(35)36)19-17-31(21,32)7/h9-10,22-25H,1,11-20H2,2-8H3,(H,35,36). The van der Waals surface area contributed by atoms with E-state index in [0.717, 1.165) is 64.2 Å². The average Bonchev–Trinajstić information content (AvgIpc) is 2.80. The number of aliphatic carboxylic acids is 1. The highest BCUT2D eigenvalue weighted by molar-refractivity contribution is 5.81. The molecule has 37 heavy (non-hydrogen) atoms. The maximum absolute atomic E-state index is 12.8. The number of carbonyl (C=O) groups excluding carboxylic acids is 1. The second kappa shape index (κ2) is 8.21. The lowest BCUT2D eigenvalue weighted by molar-refractivity contribution is -0.212. The van der Waals surface area contributed by atoms with Gasteiger partial charge in [0.2, 0.25) is 0 Å². The van der Waals surface area contributed by atoms with E-state index in [0.29, 0.717) is 11.8 Å². The van der Waals surface area contributed by atoms with Crippen molar-refractivity contribution < 1.29 is 19.4 Å². The second-order valence-corrected chi connectivity index (χ2v) is 15.7. The zero-order valence-electron chi connectivity index (χ0n) is 24.4. The first-order chi connectivity index (χ1) is 17.1. The summed E-state index contributed by atoms with van der Waals surface area (Å²) in [6, 6.07) is 0. The van der Waals surface area contributed by atoms with Gasteiger partial charge in [0.05, 0.1) is 5.41 Å². The van der Waals surface area contributed by atoms with Gasteiger partial charge in [0.15, 0.2) is 0 Å². The summed E-state index contributed by atoms with van der Waals surface area (Å²) in [5.74, 6) is 0.328. The van der Waals surface area contributed by atoms with Crippen LogP contribution in [0.15, 0.2) is 24.3 Å². The molecule has 0 spiro atoms. The highest BCUT2D eigenvalue weighted by Crippen LogP contribution is 2.75.